The van der Waals surface area contributed by atoms with Crippen molar-refractivity contribution in [1.29, 1.82) is 0 Å². The Bertz CT molecular complexity index is 789. The van der Waals surface area contributed by atoms with E-state index in [2.05, 4.69) is 5.32 Å². The van der Waals surface area contributed by atoms with Gasteiger partial charge >= 0.3 is 5.97 Å². The predicted octanol–water partition coefficient (Wildman–Crippen LogP) is 2.41. The SMILES string of the molecule is COc1ccc(NC(=O)[C@@H](C)OC(=O)[C@H]2COc3ccccc3O2)cc1. The molecule has 0 radical (unpaired) electrons. The first-order valence-corrected chi connectivity index (χ1v) is 8.10. The summed E-state index contributed by atoms with van der Waals surface area (Å²) in [5.41, 5.74) is 0.574. The summed E-state index contributed by atoms with van der Waals surface area (Å²) < 4.78 is 21.3. The molecule has 1 N–H and O–H groups in total. The van der Waals surface area contributed by atoms with Crippen LogP contribution in [-0.2, 0) is 14.3 Å². The summed E-state index contributed by atoms with van der Waals surface area (Å²) in [5, 5.41) is 2.67. The lowest BCUT2D eigenvalue weighted by atomic mass is 10.2. The number of carbonyl (C=O) groups is 2. The molecule has 7 heteroatoms. The van der Waals surface area contributed by atoms with Gasteiger partial charge in [0.05, 0.1) is 7.11 Å². The molecule has 3 rings (SSSR count). The smallest absolute Gasteiger partial charge is 0.351 e. The predicted molar refractivity (Wildman–Crippen MR) is 93.5 cm³/mol. The van der Waals surface area contributed by atoms with Crippen molar-refractivity contribution in [2.75, 3.05) is 19.0 Å². The first kappa shape index (κ1) is 17.6. The molecule has 1 amide bonds. The molecule has 2 atom stereocenters. The zero-order valence-corrected chi connectivity index (χ0v) is 14.4. The fraction of sp³-hybridized carbons (Fsp3) is 0.263. The van der Waals surface area contributed by atoms with E-state index in [1.807, 2.05) is 6.07 Å². The van der Waals surface area contributed by atoms with E-state index in [9.17, 15) is 9.59 Å². The van der Waals surface area contributed by atoms with Gasteiger partial charge in [0, 0.05) is 5.69 Å². The first-order chi connectivity index (χ1) is 12.6. The van der Waals surface area contributed by atoms with Crippen LogP contribution in [0.15, 0.2) is 48.5 Å². The van der Waals surface area contributed by atoms with Gasteiger partial charge in [-0.15, -0.1) is 0 Å². The summed E-state index contributed by atoms with van der Waals surface area (Å²) in [4.78, 5) is 24.4. The molecule has 1 aliphatic heterocycles. The quantitative estimate of drug-likeness (QED) is 0.828. The molecule has 26 heavy (non-hydrogen) atoms. The van der Waals surface area contributed by atoms with E-state index >= 15 is 0 Å². The zero-order chi connectivity index (χ0) is 18.5. The second-order valence-corrected chi connectivity index (χ2v) is 5.66. The van der Waals surface area contributed by atoms with Gasteiger partial charge in [-0.2, -0.15) is 0 Å². The van der Waals surface area contributed by atoms with Crippen LogP contribution < -0.4 is 19.5 Å². The fourth-order valence-electron chi connectivity index (χ4n) is 2.36. The number of methoxy groups -OCH3 is 1. The Labute approximate surface area is 150 Å². The highest BCUT2D eigenvalue weighted by molar-refractivity contribution is 5.95. The Morgan fingerprint density at radius 2 is 1.81 bits per heavy atom. The summed E-state index contributed by atoms with van der Waals surface area (Å²) in [6.45, 7) is 1.52. The van der Waals surface area contributed by atoms with Crippen LogP contribution in [0.3, 0.4) is 0 Å². The Morgan fingerprint density at radius 1 is 1.12 bits per heavy atom. The molecule has 1 heterocycles. The highest BCUT2D eigenvalue weighted by Gasteiger charge is 2.31. The van der Waals surface area contributed by atoms with Crippen molar-refractivity contribution < 1.29 is 28.5 Å². The minimum absolute atomic E-state index is 0.0304. The Hall–Kier alpha value is -3.22. The fourth-order valence-corrected chi connectivity index (χ4v) is 2.36. The second-order valence-electron chi connectivity index (χ2n) is 5.66. The van der Waals surface area contributed by atoms with Gasteiger partial charge in [-0.05, 0) is 43.3 Å². The molecule has 0 spiro atoms. The van der Waals surface area contributed by atoms with E-state index in [4.69, 9.17) is 18.9 Å². The summed E-state index contributed by atoms with van der Waals surface area (Å²) in [7, 11) is 1.56. The van der Waals surface area contributed by atoms with Crippen LogP contribution in [0.2, 0.25) is 0 Å². The lowest BCUT2D eigenvalue weighted by molar-refractivity contribution is -0.162. The van der Waals surface area contributed by atoms with E-state index in [-0.39, 0.29) is 6.61 Å². The third kappa shape index (κ3) is 4.05. The number of anilines is 1. The molecule has 1 aliphatic rings. The van der Waals surface area contributed by atoms with Crippen LogP contribution in [0.4, 0.5) is 5.69 Å². The van der Waals surface area contributed by atoms with Crippen LogP contribution in [-0.4, -0.2) is 37.8 Å². The molecule has 136 valence electrons. The first-order valence-electron chi connectivity index (χ1n) is 8.10. The van der Waals surface area contributed by atoms with Gasteiger partial charge in [0.2, 0.25) is 6.10 Å². The summed E-state index contributed by atoms with van der Waals surface area (Å²) in [5.74, 6) is 0.618. The topological polar surface area (TPSA) is 83.1 Å². The van der Waals surface area contributed by atoms with Gasteiger partial charge in [0.25, 0.3) is 5.91 Å². The van der Waals surface area contributed by atoms with E-state index < -0.39 is 24.1 Å². The third-order valence-corrected chi connectivity index (χ3v) is 3.79. The normalized spacial score (nSPS) is 16.3. The third-order valence-electron chi connectivity index (χ3n) is 3.79. The van der Waals surface area contributed by atoms with Gasteiger partial charge in [-0.3, -0.25) is 4.79 Å². The number of nitrogens with one attached hydrogen (secondary N) is 1. The van der Waals surface area contributed by atoms with E-state index in [0.29, 0.717) is 22.9 Å². The molecule has 2 aromatic carbocycles. The van der Waals surface area contributed by atoms with Gasteiger partial charge in [0.1, 0.15) is 12.4 Å². The number of carbonyl (C=O) groups excluding carboxylic acids is 2. The van der Waals surface area contributed by atoms with Crippen molar-refractivity contribution >= 4 is 17.6 Å². The van der Waals surface area contributed by atoms with Gasteiger partial charge in [-0.1, -0.05) is 12.1 Å². The van der Waals surface area contributed by atoms with Crippen molar-refractivity contribution in [1.82, 2.24) is 0 Å². The molecule has 0 aromatic heterocycles. The van der Waals surface area contributed by atoms with Crippen molar-refractivity contribution in [3.63, 3.8) is 0 Å². The summed E-state index contributed by atoms with van der Waals surface area (Å²) in [6, 6.07) is 13.9. The highest BCUT2D eigenvalue weighted by atomic mass is 16.6. The Balaban J connectivity index is 1.54. The Morgan fingerprint density at radius 3 is 2.50 bits per heavy atom. The maximum Gasteiger partial charge on any atom is 0.351 e. The molecule has 0 unspecified atom stereocenters. The minimum Gasteiger partial charge on any atom is -0.497 e. The van der Waals surface area contributed by atoms with Gasteiger partial charge < -0.3 is 24.3 Å². The number of esters is 1. The molecule has 0 saturated carbocycles. The number of benzene rings is 2. The number of rotatable bonds is 5. The standard InChI is InChI=1S/C19H19NO6/c1-12(18(21)20-13-7-9-14(23-2)10-8-13)25-19(22)17-11-24-15-5-3-4-6-16(15)26-17/h3-10,12,17H,11H2,1-2H3,(H,20,21)/t12-,17-/m1/s1. The van der Waals surface area contributed by atoms with Crippen molar-refractivity contribution in [2.45, 2.75) is 19.1 Å². The molecular formula is C19H19NO6. The molecule has 7 nitrogen and oxygen atoms in total. The minimum atomic E-state index is -0.981. The molecular weight excluding hydrogens is 338 g/mol. The molecule has 0 aliphatic carbocycles. The van der Waals surface area contributed by atoms with Gasteiger partial charge in [-0.25, -0.2) is 4.79 Å². The lowest BCUT2D eigenvalue weighted by Gasteiger charge is -2.25. The number of hydrogen-bond acceptors (Lipinski definition) is 6. The van der Waals surface area contributed by atoms with Crippen LogP contribution >= 0.6 is 0 Å². The number of fused-ring (bicyclic) bond motifs is 1. The second kappa shape index (κ2) is 7.77. The van der Waals surface area contributed by atoms with Crippen LogP contribution in [0.25, 0.3) is 0 Å². The number of ether oxygens (including phenoxy) is 4. The van der Waals surface area contributed by atoms with Crippen molar-refractivity contribution in [3.05, 3.63) is 48.5 Å². The monoisotopic (exact) mass is 357 g/mol. The van der Waals surface area contributed by atoms with Gasteiger partial charge in [0.15, 0.2) is 17.6 Å². The van der Waals surface area contributed by atoms with Crippen LogP contribution in [0, 0.1) is 0 Å². The average Bonchev–Trinajstić information content (AvgIpc) is 2.68. The van der Waals surface area contributed by atoms with Crippen LogP contribution in [0.5, 0.6) is 17.2 Å². The van der Waals surface area contributed by atoms with Crippen LogP contribution in [0.1, 0.15) is 6.92 Å². The molecule has 0 fully saturated rings. The number of para-hydroxylation sites is 2. The van der Waals surface area contributed by atoms with E-state index in [1.54, 1.807) is 49.6 Å². The lowest BCUT2D eigenvalue weighted by Crippen LogP contribution is -2.41. The summed E-state index contributed by atoms with van der Waals surface area (Å²) in [6.07, 6.45) is -1.90. The number of hydrogen-bond donors (Lipinski definition) is 1. The summed E-state index contributed by atoms with van der Waals surface area (Å²) >= 11 is 0. The molecule has 0 saturated heterocycles. The maximum absolute atomic E-state index is 12.2. The maximum atomic E-state index is 12.2. The van der Waals surface area contributed by atoms with E-state index in [1.165, 1.54) is 6.92 Å². The molecule has 2 aromatic rings. The zero-order valence-electron chi connectivity index (χ0n) is 14.4. The largest absolute Gasteiger partial charge is 0.497 e. The number of amides is 1. The van der Waals surface area contributed by atoms with Crippen molar-refractivity contribution in [3.8, 4) is 17.2 Å². The Kier molecular flexibility index (Phi) is 5.26. The van der Waals surface area contributed by atoms with E-state index in [0.717, 1.165) is 0 Å². The molecule has 0 bridgehead atoms. The van der Waals surface area contributed by atoms with Crippen molar-refractivity contribution in [2.24, 2.45) is 0 Å². The average molecular weight is 357 g/mol. The highest BCUT2D eigenvalue weighted by Crippen LogP contribution is 2.31.